The third-order valence-corrected chi connectivity index (χ3v) is 4.47. The number of carbonyl (C=O) groups is 1. The van der Waals surface area contributed by atoms with Crippen molar-refractivity contribution in [3.05, 3.63) is 39.7 Å². The molecule has 1 amide bonds. The number of fused-ring (bicyclic) bond motifs is 1. The fourth-order valence-electron chi connectivity index (χ4n) is 2.26. The van der Waals surface area contributed by atoms with Crippen molar-refractivity contribution in [2.24, 2.45) is 0 Å². The number of nitrogens with one attached hydrogen (secondary N) is 1. The van der Waals surface area contributed by atoms with Crippen LogP contribution >= 0.6 is 11.3 Å². The number of hydrogen-bond acceptors (Lipinski definition) is 4. The molecule has 0 saturated carbocycles. The first kappa shape index (κ1) is 12.2. The molecule has 0 radical (unpaired) electrons. The maximum atomic E-state index is 12.1. The molecule has 2 heterocycles. The lowest BCUT2D eigenvalue weighted by Crippen LogP contribution is -2.11. The average Bonchev–Trinajstić information content (AvgIpc) is 2.85. The van der Waals surface area contributed by atoms with Crippen LogP contribution in [0.3, 0.4) is 0 Å². The first-order chi connectivity index (χ1) is 9.24. The van der Waals surface area contributed by atoms with E-state index in [0.717, 1.165) is 12.8 Å². The summed E-state index contributed by atoms with van der Waals surface area (Å²) < 4.78 is 0. The minimum absolute atomic E-state index is 0.0165. The van der Waals surface area contributed by atoms with Crippen LogP contribution in [0.2, 0.25) is 0 Å². The van der Waals surface area contributed by atoms with Crippen molar-refractivity contribution >= 4 is 23.1 Å². The number of rotatable bonds is 2. The smallest absolute Gasteiger partial charge is 0.267 e. The summed E-state index contributed by atoms with van der Waals surface area (Å²) in [5, 5.41) is 12.2. The Morgan fingerprint density at radius 1 is 1.37 bits per heavy atom. The lowest BCUT2D eigenvalue weighted by molar-refractivity contribution is 0.102. The summed E-state index contributed by atoms with van der Waals surface area (Å²) in [5.74, 6) is -0.00978. The van der Waals surface area contributed by atoms with Crippen molar-refractivity contribution in [1.82, 2.24) is 4.98 Å². The molecule has 2 N–H and O–H groups in total. The van der Waals surface area contributed by atoms with Gasteiger partial charge in [-0.15, -0.1) is 11.3 Å². The van der Waals surface area contributed by atoms with Crippen LogP contribution in [0.4, 0.5) is 5.82 Å². The van der Waals surface area contributed by atoms with E-state index in [-0.39, 0.29) is 17.5 Å². The molecule has 0 aromatic carbocycles. The summed E-state index contributed by atoms with van der Waals surface area (Å²) in [6, 6.07) is 5.09. The van der Waals surface area contributed by atoms with Crippen LogP contribution in [0.15, 0.2) is 24.4 Å². The van der Waals surface area contributed by atoms with Gasteiger partial charge in [-0.3, -0.25) is 4.79 Å². The van der Waals surface area contributed by atoms with E-state index >= 15 is 0 Å². The van der Waals surface area contributed by atoms with Gasteiger partial charge in [0, 0.05) is 11.1 Å². The highest BCUT2D eigenvalue weighted by molar-refractivity contribution is 7.14. The maximum Gasteiger partial charge on any atom is 0.267 e. The Kier molecular flexibility index (Phi) is 3.21. The summed E-state index contributed by atoms with van der Waals surface area (Å²) >= 11 is 1.55. The zero-order valence-corrected chi connectivity index (χ0v) is 11.2. The summed E-state index contributed by atoms with van der Waals surface area (Å²) in [6.45, 7) is 0. The third kappa shape index (κ3) is 2.46. The number of aromatic nitrogens is 1. The molecule has 0 atom stereocenters. The molecule has 5 heteroatoms. The van der Waals surface area contributed by atoms with Gasteiger partial charge in [-0.25, -0.2) is 4.98 Å². The lowest BCUT2D eigenvalue weighted by atomic mass is 9.99. The molecule has 4 nitrogen and oxygen atoms in total. The second-order valence-corrected chi connectivity index (χ2v) is 5.73. The largest absolute Gasteiger partial charge is 0.504 e. The maximum absolute atomic E-state index is 12.1. The van der Waals surface area contributed by atoms with Crippen LogP contribution in [0.5, 0.6) is 5.75 Å². The molecular formula is C14H14N2O2S. The van der Waals surface area contributed by atoms with E-state index in [1.807, 2.05) is 6.07 Å². The number of hydrogen-bond donors (Lipinski definition) is 2. The SMILES string of the molecule is O=C(Nc1ncccc1O)c1cc2c(s1)CCCC2. The van der Waals surface area contributed by atoms with Gasteiger partial charge in [0.05, 0.1) is 4.88 Å². The Morgan fingerprint density at radius 3 is 3.00 bits per heavy atom. The van der Waals surface area contributed by atoms with Gasteiger partial charge in [-0.2, -0.15) is 0 Å². The van der Waals surface area contributed by atoms with E-state index in [2.05, 4.69) is 10.3 Å². The quantitative estimate of drug-likeness (QED) is 0.885. The highest BCUT2D eigenvalue weighted by atomic mass is 32.1. The fourth-order valence-corrected chi connectivity index (χ4v) is 3.41. The molecule has 19 heavy (non-hydrogen) atoms. The number of amides is 1. The number of aromatic hydroxyl groups is 1. The minimum Gasteiger partial charge on any atom is -0.504 e. The van der Waals surface area contributed by atoms with Gasteiger partial charge in [0.1, 0.15) is 0 Å². The monoisotopic (exact) mass is 274 g/mol. The number of carbonyl (C=O) groups excluding carboxylic acids is 1. The van der Waals surface area contributed by atoms with E-state index in [4.69, 9.17) is 0 Å². The van der Waals surface area contributed by atoms with Crippen molar-refractivity contribution in [3.63, 3.8) is 0 Å². The number of anilines is 1. The predicted octanol–water partition coefficient (Wildman–Crippen LogP) is 2.98. The van der Waals surface area contributed by atoms with Crippen molar-refractivity contribution in [2.45, 2.75) is 25.7 Å². The molecule has 0 fully saturated rings. The zero-order chi connectivity index (χ0) is 13.2. The number of nitrogens with zero attached hydrogens (tertiary/aromatic N) is 1. The molecule has 0 bridgehead atoms. The number of pyridine rings is 1. The van der Waals surface area contributed by atoms with Gasteiger partial charge < -0.3 is 10.4 Å². The molecule has 0 spiro atoms. The second kappa shape index (κ2) is 5.01. The Morgan fingerprint density at radius 2 is 2.21 bits per heavy atom. The first-order valence-corrected chi connectivity index (χ1v) is 7.12. The summed E-state index contributed by atoms with van der Waals surface area (Å²) in [6.07, 6.45) is 6.08. The van der Waals surface area contributed by atoms with Crippen molar-refractivity contribution in [2.75, 3.05) is 5.32 Å². The second-order valence-electron chi connectivity index (χ2n) is 4.59. The van der Waals surface area contributed by atoms with Gasteiger partial charge in [-0.05, 0) is 49.4 Å². The standard InChI is InChI=1S/C14H14N2O2S/c17-10-5-3-7-15-13(10)16-14(18)12-8-9-4-1-2-6-11(9)19-12/h3,5,7-8,17H,1-2,4,6H2,(H,15,16,18). The Balaban J connectivity index is 1.81. The van der Waals surface area contributed by atoms with Crippen LogP contribution in [-0.2, 0) is 12.8 Å². The number of aryl methyl sites for hydroxylation is 2. The van der Waals surface area contributed by atoms with Crippen LogP contribution in [0, 0.1) is 0 Å². The van der Waals surface area contributed by atoms with Gasteiger partial charge in [0.15, 0.2) is 11.6 Å². The van der Waals surface area contributed by atoms with E-state index in [1.165, 1.54) is 35.5 Å². The minimum atomic E-state index is -0.201. The molecule has 2 aromatic heterocycles. The summed E-state index contributed by atoms with van der Waals surface area (Å²) in [4.78, 5) is 18.1. The summed E-state index contributed by atoms with van der Waals surface area (Å²) in [7, 11) is 0. The lowest BCUT2D eigenvalue weighted by Gasteiger charge is -2.08. The Labute approximate surface area is 115 Å². The average molecular weight is 274 g/mol. The van der Waals surface area contributed by atoms with Crippen molar-refractivity contribution in [3.8, 4) is 5.75 Å². The van der Waals surface area contributed by atoms with E-state index in [9.17, 15) is 9.90 Å². The molecule has 1 aliphatic rings. The molecule has 2 aromatic rings. The van der Waals surface area contributed by atoms with Gasteiger partial charge in [0.25, 0.3) is 5.91 Å². The van der Waals surface area contributed by atoms with Crippen LogP contribution < -0.4 is 5.32 Å². The summed E-state index contributed by atoms with van der Waals surface area (Å²) in [5.41, 5.74) is 1.30. The van der Waals surface area contributed by atoms with Gasteiger partial charge in [0.2, 0.25) is 0 Å². The molecule has 0 aliphatic heterocycles. The first-order valence-electron chi connectivity index (χ1n) is 6.31. The highest BCUT2D eigenvalue weighted by Gasteiger charge is 2.18. The van der Waals surface area contributed by atoms with E-state index in [1.54, 1.807) is 17.4 Å². The third-order valence-electron chi connectivity index (χ3n) is 3.24. The normalized spacial score (nSPS) is 13.9. The molecule has 98 valence electrons. The van der Waals surface area contributed by atoms with Crippen molar-refractivity contribution in [1.29, 1.82) is 0 Å². The highest BCUT2D eigenvalue weighted by Crippen LogP contribution is 2.30. The van der Waals surface area contributed by atoms with Gasteiger partial charge >= 0.3 is 0 Å². The van der Waals surface area contributed by atoms with Crippen LogP contribution in [-0.4, -0.2) is 16.0 Å². The topological polar surface area (TPSA) is 62.2 Å². The number of thiophene rings is 1. The fraction of sp³-hybridized carbons (Fsp3) is 0.286. The van der Waals surface area contributed by atoms with E-state index in [0.29, 0.717) is 4.88 Å². The van der Waals surface area contributed by atoms with Crippen LogP contribution in [0.1, 0.15) is 33.0 Å². The molecule has 0 saturated heterocycles. The predicted molar refractivity (Wildman–Crippen MR) is 74.8 cm³/mol. The Bertz CT molecular complexity index is 598. The molecule has 3 rings (SSSR count). The molecule has 1 aliphatic carbocycles. The molecule has 0 unspecified atom stereocenters. The van der Waals surface area contributed by atoms with Gasteiger partial charge in [-0.1, -0.05) is 0 Å². The zero-order valence-electron chi connectivity index (χ0n) is 10.3. The Hall–Kier alpha value is -1.88. The van der Waals surface area contributed by atoms with Crippen molar-refractivity contribution < 1.29 is 9.90 Å². The van der Waals surface area contributed by atoms with Crippen LogP contribution in [0.25, 0.3) is 0 Å². The molecular weight excluding hydrogens is 260 g/mol. The van der Waals surface area contributed by atoms with E-state index < -0.39 is 0 Å².